The smallest absolute Gasteiger partial charge is 0.260 e. The van der Waals surface area contributed by atoms with Crippen LogP contribution in [0.5, 0.6) is 11.5 Å². The SMILES string of the molecule is CC(=O)N(C[C@H]1COc2ccc(OCc3nc4cc(F)ccc4s3)cc2[C@H]1O)C(=O)c1ccccc1. The van der Waals surface area contributed by atoms with Crippen molar-refractivity contribution in [3.8, 4) is 11.5 Å². The summed E-state index contributed by atoms with van der Waals surface area (Å²) in [5.41, 5.74) is 1.49. The van der Waals surface area contributed by atoms with Crippen LogP contribution in [0, 0.1) is 11.7 Å². The van der Waals surface area contributed by atoms with Gasteiger partial charge in [-0.3, -0.25) is 14.5 Å². The van der Waals surface area contributed by atoms with Crippen LogP contribution >= 0.6 is 11.3 Å². The van der Waals surface area contributed by atoms with Crippen LogP contribution in [0.1, 0.15) is 34.0 Å². The molecule has 36 heavy (non-hydrogen) atoms. The average Bonchev–Trinajstić information content (AvgIpc) is 3.29. The topological polar surface area (TPSA) is 89.0 Å². The molecule has 1 N–H and O–H groups in total. The van der Waals surface area contributed by atoms with E-state index in [4.69, 9.17) is 9.47 Å². The number of fused-ring (bicyclic) bond motifs is 2. The lowest BCUT2D eigenvalue weighted by Crippen LogP contribution is -2.43. The number of aliphatic hydroxyl groups excluding tert-OH is 1. The number of hydrogen-bond acceptors (Lipinski definition) is 7. The number of carbonyl (C=O) groups excluding carboxylic acids is 2. The van der Waals surface area contributed by atoms with E-state index in [0.29, 0.717) is 33.2 Å². The summed E-state index contributed by atoms with van der Waals surface area (Å²) in [6.45, 7) is 1.68. The Balaban J connectivity index is 1.30. The molecule has 0 unspecified atom stereocenters. The highest BCUT2D eigenvalue weighted by Gasteiger charge is 2.34. The maximum Gasteiger partial charge on any atom is 0.260 e. The van der Waals surface area contributed by atoms with E-state index < -0.39 is 23.8 Å². The number of amides is 2. The van der Waals surface area contributed by atoms with E-state index in [9.17, 15) is 19.1 Å². The van der Waals surface area contributed by atoms with E-state index in [1.165, 1.54) is 30.4 Å². The molecule has 4 aromatic rings. The zero-order valence-electron chi connectivity index (χ0n) is 19.4. The van der Waals surface area contributed by atoms with E-state index in [1.807, 2.05) is 0 Å². The van der Waals surface area contributed by atoms with Gasteiger partial charge in [0.2, 0.25) is 5.91 Å². The van der Waals surface area contributed by atoms with Crippen molar-refractivity contribution in [3.63, 3.8) is 0 Å². The van der Waals surface area contributed by atoms with Crippen LogP contribution in [-0.4, -0.2) is 40.0 Å². The molecule has 0 spiro atoms. The van der Waals surface area contributed by atoms with Crippen LogP contribution < -0.4 is 9.47 Å². The monoisotopic (exact) mass is 506 g/mol. The van der Waals surface area contributed by atoms with Crippen molar-refractivity contribution in [3.05, 3.63) is 88.7 Å². The van der Waals surface area contributed by atoms with E-state index >= 15 is 0 Å². The lowest BCUT2D eigenvalue weighted by Gasteiger charge is -2.33. The molecule has 7 nitrogen and oxygen atoms in total. The Morgan fingerprint density at radius 3 is 2.75 bits per heavy atom. The van der Waals surface area contributed by atoms with Crippen LogP contribution in [-0.2, 0) is 11.4 Å². The number of nitrogens with zero attached hydrogens (tertiary/aromatic N) is 2. The molecule has 184 valence electrons. The summed E-state index contributed by atoms with van der Waals surface area (Å²) in [6.07, 6.45) is -0.965. The molecule has 1 aliphatic heterocycles. The van der Waals surface area contributed by atoms with Crippen LogP contribution in [0.25, 0.3) is 10.2 Å². The van der Waals surface area contributed by atoms with Gasteiger partial charge in [0.05, 0.1) is 22.9 Å². The largest absolute Gasteiger partial charge is 0.493 e. The molecule has 3 aromatic carbocycles. The summed E-state index contributed by atoms with van der Waals surface area (Å²) in [4.78, 5) is 30.7. The number of hydrogen-bond donors (Lipinski definition) is 1. The maximum atomic E-state index is 13.4. The first kappa shape index (κ1) is 23.9. The van der Waals surface area contributed by atoms with Gasteiger partial charge in [-0.05, 0) is 42.5 Å². The molecule has 1 aliphatic rings. The molecule has 0 aliphatic carbocycles. The van der Waals surface area contributed by atoms with Crippen molar-refractivity contribution in [2.45, 2.75) is 19.6 Å². The second-order valence-electron chi connectivity index (χ2n) is 8.52. The van der Waals surface area contributed by atoms with E-state index in [2.05, 4.69) is 4.98 Å². The molecule has 0 saturated carbocycles. The molecule has 0 fully saturated rings. The summed E-state index contributed by atoms with van der Waals surface area (Å²) in [5.74, 6) is -0.657. The van der Waals surface area contributed by atoms with Crippen molar-refractivity contribution in [1.82, 2.24) is 9.88 Å². The minimum atomic E-state index is -0.965. The Hall–Kier alpha value is -3.82. The number of imide groups is 1. The fourth-order valence-electron chi connectivity index (χ4n) is 4.15. The molecule has 0 radical (unpaired) electrons. The summed E-state index contributed by atoms with van der Waals surface area (Å²) < 4.78 is 26.0. The van der Waals surface area contributed by atoms with Gasteiger partial charge in [-0.1, -0.05) is 18.2 Å². The molecule has 0 bridgehead atoms. The molecule has 5 rings (SSSR count). The third-order valence-electron chi connectivity index (χ3n) is 6.02. The minimum absolute atomic E-state index is 0.0109. The zero-order valence-corrected chi connectivity index (χ0v) is 20.2. The molecule has 1 aromatic heterocycles. The van der Waals surface area contributed by atoms with Crippen molar-refractivity contribution >= 4 is 33.4 Å². The van der Waals surface area contributed by atoms with Gasteiger partial charge in [-0.25, -0.2) is 9.37 Å². The normalized spacial score (nSPS) is 16.8. The van der Waals surface area contributed by atoms with Crippen LogP contribution in [0.15, 0.2) is 66.7 Å². The number of thiazole rings is 1. The van der Waals surface area contributed by atoms with Gasteiger partial charge < -0.3 is 14.6 Å². The quantitative estimate of drug-likeness (QED) is 0.406. The standard InChI is InChI=1S/C27H23FN2O5S/c1-16(31)30(27(33)17-5-3-2-4-6-17)13-18-14-35-23-9-8-20(12-21(23)26(18)32)34-15-25-29-22-11-19(28)7-10-24(22)36-25/h2-12,18,26,32H,13-15H2,1H3/t18-,26-/m0/s1. The minimum Gasteiger partial charge on any atom is -0.493 e. The summed E-state index contributed by atoms with van der Waals surface area (Å²) >= 11 is 1.42. The van der Waals surface area contributed by atoms with E-state index in [-0.39, 0.29) is 25.6 Å². The lowest BCUT2D eigenvalue weighted by molar-refractivity contribution is -0.127. The molecule has 2 atom stereocenters. The van der Waals surface area contributed by atoms with Crippen molar-refractivity contribution in [1.29, 1.82) is 0 Å². The van der Waals surface area contributed by atoms with Crippen molar-refractivity contribution in [2.24, 2.45) is 5.92 Å². The Bertz CT molecular complexity index is 1420. The Morgan fingerprint density at radius 2 is 1.97 bits per heavy atom. The molecular weight excluding hydrogens is 483 g/mol. The number of halogens is 1. The summed E-state index contributed by atoms with van der Waals surface area (Å²) in [6, 6.07) is 18.2. The number of benzene rings is 3. The van der Waals surface area contributed by atoms with E-state index in [1.54, 1.807) is 54.6 Å². The molecule has 2 amide bonds. The Morgan fingerprint density at radius 1 is 1.17 bits per heavy atom. The van der Waals surface area contributed by atoms with Crippen LogP contribution in [0.2, 0.25) is 0 Å². The van der Waals surface area contributed by atoms with Crippen LogP contribution in [0.3, 0.4) is 0 Å². The second-order valence-corrected chi connectivity index (χ2v) is 9.64. The number of aromatic nitrogens is 1. The van der Waals surface area contributed by atoms with Gasteiger partial charge in [0.1, 0.15) is 28.9 Å². The number of rotatable bonds is 6. The Kier molecular flexibility index (Phi) is 6.67. The molecule has 0 saturated heterocycles. The number of carbonyl (C=O) groups is 2. The first-order chi connectivity index (χ1) is 17.4. The third-order valence-corrected chi connectivity index (χ3v) is 7.03. The lowest BCUT2D eigenvalue weighted by atomic mass is 9.92. The molecule has 2 heterocycles. The van der Waals surface area contributed by atoms with Crippen molar-refractivity contribution < 1.29 is 28.6 Å². The van der Waals surface area contributed by atoms with Gasteiger partial charge >= 0.3 is 0 Å². The summed E-state index contributed by atoms with van der Waals surface area (Å²) in [5, 5.41) is 11.8. The predicted molar refractivity (Wildman–Crippen MR) is 132 cm³/mol. The first-order valence-electron chi connectivity index (χ1n) is 11.4. The fourth-order valence-corrected chi connectivity index (χ4v) is 5.01. The van der Waals surface area contributed by atoms with Gasteiger partial charge in [0, 0.05) is 36.6 Å². The molecular formula is C27H23FN2O5S. The average molecular weight is 507 g/mol. The highest BCUT2D eigenvalue weighted by molar-refractivity contribution is 7.18. The van der Waals surface area contributed by atoms with Crippen LogP contribution in [0.4, 0.5) is 4.39 Å². The number of aliphatic hydroxyl groups is 1. The van der Waals surface area contributed by atoms with Gasteiger partial charge in [-0.2, -0.15) is 0 Å². The van der Waals surface area contributed by atoms with Crippen molar-refractivity contribution in [2.75, 3.05) is 13.2 Å². The maximum absolute atomic E-state index is 13.4. The van der Waals surface area contributed by atoms with Gasteiger partial charge in [0.15, 0.2) is 0 Å². The highest BCUT2D eigenvalue weighted by Crippen LogP contribution is 2.38. The highest BCUT2D eigenvalue weighted by atomic mass is 32.1. The molecule has 9 heteroatoms. The number of ether oxygens (including phenoxy) is 2. The third kappa shape index (κ3) is 4.93. The van der Waals surface area contributed by atoms with Gasteiger partial charge in [0.25, 0.3) is 5.91 Å². The predicted octanol–water partition coefficient (Wildman–Crippen LogP) is 4.75. The zero-order chi connectivity index (χ0) is 25.2. The Labute approximate surface area is 210 Å². The summed E-state index contributed by atoms with van der Waals surface area (Å²) in [7, 11) is 0. The van der Waals surface area contributed by atoms with Gasteiger partial charge in [-0.15, -0.1) is 11.3 Å². The fraction of sp³-hybridized carbons (Fsp3) is 0.222. The second kappa shape index (κ2) is 10.0. The first-order valence-corrected chi connectivity index (χ1v) is 12.2. The van der Waals surface area contributed by atoms with E-state index in [0.717, 1.165) is 9.60 Å².